The fraction of sp³-hybridized carbons (Fsp3) is 0.481. The number of benzene rings is 2. The van der Waals surface area contributed by atoms with Crippen molar-refractivity contribution >= 4 is 11.8 Å². The van der Waals surface area contributed by atoms with Gasteiger partial charge in [-0.2, -0.15) is 0 Å². The van der Waals surface area contributed by atoms with Crippen LogP contribution in [0, 0.1) is 0 Å². The zero-order chi connectivity index (χ0) is 22.9. The van der Waals surface area contributed by atoms with Crippen molar-refractivity contribution in [2.75, 3.05) is 13.2 Å². The second-order valence-electron chi connectivity index (χ2n) is 8.97. The molecule has 1 N–H and O–H groups in total. The number of ether oxygens (including phenoxy) is 1. The van der Waals surface area contributed by atoms with Gasteiger partial charge in [0.05, 0.1) is 0 Å². The Bertz CT molecular complexity index is 875. The SMILES string of the molecule is CC(C)c1ccccc1OCC(=O)N(CCc1ccccc1)[C@H](C)C(=O)NC1CCCC1. The van der Waals surface area contributed by atoms with Crippen LogP contribution in [0.15, 0.2) is 54.6 Å². The first-order valence-corrected chi connectivity index (χ1v) is 11.8. The largest absolute Gasteiger partial charge is 0.483 e. The van der Waals surface area contributed by atoms with E-state index in [-0.39, 0.29) is 24.5 Å². The van der Waals surface area contributed by atoms with E-state index in [4.69, 9.17) is 4.74 Å². The molecule has 1 atom stereocenters. The van der Waals surface area contributed by atoms with Crippen LogP contribution in [0.2, 0.25) is 0 Å². The van der Waals surface area contributed by atoms with Crippen molar-refractivity contribution in [2.24, 2.45) is 0 Å². The standard InChI is InChI=1S/C27H36N2O3/c1-20(2)24-15-9-10-16-25(24)32-19-26(30)29(18-17-22-11-5-4-6-12-22)21(3)27(31)28-23-13-7-8-14-23/h4-6,9-12,15-16,20-21,23H,7-8,13-14,17-19H2,1-3H3,(H,28,31)/t21-/m1/s1. The number of nitrogens with one attached hydrogen (secondary N) is 1. The van der Waals surface area contributed by atoms with E-state index < -0.39 is 6.04 Å². The molecule has 32 heavy (non-hydrogen) atoms. The van der Waals surface area contributed by atoms with Gasteiger partial charge in [-0.15, -0.1) is 0 Å². The topological polar surface area (TPSA) is 58.6 Å². The van der Waals surface area contributed by atoms with Crippen molar-refractivity contribution in [1.82, 2.24) is 10.2 Å². The Kier molecular flexibility index (Phi) is 8.72. The number of nitrogens with zero attached hydrogens (tertiary/aromatic N) is 1. The van der Waals surface area contributed by atoms with Crippen LogP contribution in [-0.2, 0) is 16.0 Å². The fourth-order valence-corrected chi connectivity index (χ4v) is 4.27. The second-order valence-corrected chi connectivity index (χ2v) is 8.97. The van der Waals surface area contributed by atoms with Gasteiger partial charge in [0.2, 0.25) is 5.91 Å². The van der Waals surface area contributed by atoms with Crippen LogP contribution in [0.1, 0.15) is 63.5 Å². The summed E-state index contributed by atoms with van der Waals surface area (Å²) in [6, 6.07) is 17.5. The van der Waals surface area contributed by atoms with E-state index in [1.807, 2.05) is 61.5 Å². The first kappa shape index (κ1) is 23.8. The van der Waals surface area contributed by atoms with Crippen LogP contribution < -0.4 is 10.1 Å². The molecule has 0 heterocycles. The smallest absolute Gasteiger partial charge is 0.261 e. The highest BCUT2D eigenvalue weighted by Gasteiger charge is 2.28. The highest BCUT2D eigenvalue weighted by molar-refractivity contribution is 5.88. The average molecular weight is 437 g/mol. The van der Waals surface area contributed by atoms with Crippen molar-refractivity contribution in [2.45, 2.75) is 70.9 Å². The van der Waals surface area contributed by atoms with Crippen LogP contribution in [0.3, 0.4) is 0 Å². The van der Waals surface area contributed by atoms with E-state index in [9.17, 15) is 9.59 Å². The summed E-state index contributed by atoms with van der Waals surface area (Å²) in [5.74, 6) is 0.767. The van der Waals surface area contributed by atoms with E-state index in [2.05, 4.69) is 19.2 Å². The molecule has 2 aromatic carbocycles. The first-order chi connectivity index (χ1) is 15.5. The Hall–Kier alpha value is -2.82. The van der Waals surface area contributed by atoms with Crippen molar-refractivity contribution < 1.29 is 14.3 Å². The minimum Gasteiger partial charge on any atom is -0.483 e. The Morgan fingerprint density at radius 2 is 1.66 bits per heavy atom. The Morgan fingerprint density at radius 1 is 1.00 bits per heavy atom. The number of hydrogen-bond donors (Lipinski definition) is 1. The monoisotopic (exact) mass is 436 g/mol. The van der Waals surface area contributed by atoms with Crippen LogP contribution in [-0.4, -0.2) is 41.9 Å². The third kappa shape index (κ3) is 6.59. The van der Waals surface area contributed by atoms with Gasteiger partial charge in [0.1, 0.15) is 11.8 Å². The second kappa shape index (κ2) is 11.7. The summed E-state index contributed by atoms with van der Waals surface area (Å²) in [5.41, 5.74) is 2.21. The number of hydrogen-bond acceptors (Lipinski definition) is 3. The van der Waals surface area contributed by atoms with E-state index in [0.717, 1.165) is 42.6 Å². The van der Waals surface area contributed by atoms with E-state index in [0.29, 0.717) is 18.9 Å². The summed E-state index contributed by atoms with van der Waals surface area (Å²) < 4.78 is 5.93. The van der Waals surface area contributed by atoms with Crippen LogP contribution in [0.25, 0.3) is 0 Å². The molecule has 0 radical (unpaired) electrons. The lowest BCUT2D eigenvalue weighted by Crippen LogP contribution is -2.51. The Labute approximate surface area is 192 Å². The zero-order valence-corrected chi connectivity index (χ0v) is 19.5. The molecule has 5 heteroatoms. The lowest BCUT2D eigenvalue weighted by molar-refractivity contribution is -0.141. The summed E-state index contributed by atoms with van der Waals surface area (Å²) in [6.45, 7) is 6.41. The van der Waals surface area contributed by atoms with E-state index in [1.165, 1.54) is 0 Å². The predicted molar refractivity (Wildman–Crippen MR) is 128 cm³/mol. The molecule has 5 nitrogen and oxygen atoms in total. The van der Waals surface area contributed by atoms with Gasteiger partial charge in [-0.3, -0.25) is 9.59 Å². The third-order valence-corrected chi connectivity index (χ3v) is 6.25. The fourth-order valence-electron chi connectivity index (χ4n) is 4.27. The number of carbonyl (C=O) groups is 2. The summed E-state index contributed by atoms with van der Waals surface area (Å²) >= 11 is 0. The number of carbonyl (C=O) groups excluding carboxylic acids is 2. The average Bonchev–Trinajstić information content (AvgIpc) is 3.31. The van der Waals surface area contributed by atoms with Gasteiger partial charge in [0.25, 0.3) is 5.91 Å². The normalized spacial score (nSPS) is 14.9. The van der Waals surface area contributed by atoms with Crippen LogP contribution in [0.4, 0.5) is 0 Å². The van der Waals surface area contributed by atoms with Gasteiger partial charge in [-0.1, -0.05) is 75.2 Å². The molecular weight excluding hydrogens is 400 g/mol. The van der Waals surface area contributed by atoms with Gasteiger partial charge >= 0.3 is 0 Å². The molecule has 1 fully saturated rings. The van der Waals surface area contributed by atoms with Crippen LogP contribution in [0.5, 0.6) is 5.75 Å². The Balaban J connectivity index is 1.68. The lowest BCUT2D eigenvalue weighted by atomic mass is 10.0. The molecule has 172 valence electrons. The maximum absolute atomic E-state index is 13.2. The van der Waals surface area contributed by atoms with E-state index in [1.54, 1.807) is 4.90 Å². The molecule has 0 saturated heterocycles. The van der Waals surface area contributed by atoms with Crippen molar-refractivity contribution in [3.63, 3.8) is 0 Å². The number of para-hydroxylation sites is 1. The minimum atomic E-state index is -0.546. The molecule has 1 aliphatic rings. The van der Waals surface area contributed by atoms with Gasteiger partial charge in [-0.25, -0.2) is 0 Å². The molecule has 0 bridgehead atoms. The third-order valence-electron chi connectivity index (χ3n) is 6.25. The van der Waals surface area contributed by atoms with Crippen molar-refractivity contribution in [1.29, 1.82) is 0 Å². The van der Waals surface area contributed by atoms with Gasteiger partial charge in [0, 0.05) is 12.6 Å². The molecule has 0 spiro atoms. The molecule has 3 rings (SSSR count). The summed E-state index contributed by atoms with van der Waals surface area (Å²) in [4.78, 5) is 27.8. The maximum Gasteiger partial charge on any atom is 0.261 e. The molecule has 0 unspecified atom stereocenters. The lowest BCUT2D eigenvalue weighted by Gasteiger charge is -2.30. The maximum atomic E-state index is 13.2. The number of amides is 2. The van der Waals surface area contributed by atoms with Crippen molar-refractivity contribution in [3.8, 4) is 5.75 Å². The molecule has 2 aromatic rings. The summed E-state index contributed by atoms with van der Waals surface area (Å²) in [5, 5.41) is 3.14. The molecule has 0 aromatic heterocycles. The first-order valence-electron chi connectivity index (χ1n) is 11.8. The highest BCUT2D eigenvalue weighted by atomic mass is 16.5. The molecule has 1 saturated carbocycles. The van der Waals surface area contributed by atoms with E-state index >= 15 is 0 Å². The van der Waals surface area contributed by atoms with Gasteiger partial charge in [0.15, 0.2) is 6.61 Å². The van der Waals surface area contributed by atoms with Crippen LogP contribution >= 0.6 is 0 Å². The quantitative estimate of drug-likeness (QED) is 0.587. The molecule has 1 aliphatic carbocycles. The van der Waals surface area contributed by atoms with Crippen molar-refractivity contribution in [3.05, 3.63) is 65.7 Å². The van der Waals surface area contributed by atoms with Gasteiger partial charge in [-0.05, 0) is 49.3 Å². The molecular formula is C27H36N2O3. The highest BCUT2D eigenvalue weighted by Crippen LogP contribution is 2.26. The Morgan fingerprint density at radius 3 is 2.34 bits per heavy atom. The molecule has 2 amide bonds. The summed E-state index contributed by atoms with van der Waals surface area (Å²) in [7, 11) is 0. The predicted octanol–water partition coefficient (Wildman–Crippen LogP) is 4.71. The minimum absolute atomic E-state index is 0.0825. The number of rotatable bonds is 10. The summed E-state index contributed by atoms with van der Waals surface area (Å²) in [6.07, 6.45) is 5.03. The van der Waals surface area contributed by atoms with Gasteiger partial charge < -0.3 is 15.0 Å². The zero-order valence-electron chi connectivity index (χ0n) is 19.5. The molecule has 0 aliphatic heterocycles.